The molecule has 1 amide bonds. The Balaban J connectivity index is 2.20. The molecule has 6 nitrogen and oxygen atoms in total. The Morgan fingerprint density at radius 1 is 1.11 bits per heavy atom. The Morgan fingerprint density at radius 3 is 2.18 bits per heavy atom. The van der Waals surface area contributed by atoms with Crippen molar-refractivity contribution in [1.29, 1.82) is 0 Å². The lowest BCUT2D eigenvalue weighted by molar-refractivity contribution is -0.123. The van der Waals surface area contributed by atoms with Crippen molar-refractivity contribution < 1.29 is 17.9 Å². The van der Waals surface area contributed by atoms with Crippen LogP contribution in [0.25, 0.3) is 0 Å². The van der Waals surface area contributed by atoms with Gasteiger partial charge in [0, 0.05) is 6.04 Å². The standard InChI is InChI=1S/C21H34N2O4S/c1-4-20(21(24)22-17-11-9-7-6-8-10-12-17)23(28(3,25)26)18-13-15-19(16-14-18)27-5-2/h13-17,20H,4-12H2,1-3H3,(H,22,24). The van der Waals surface area contributed by atoms with Crippen molar-refractivity contribution >= 4 is 21.6 Å². The number of anilines is 1. The summed E-state index contributed by atoms with van der Waals surface area (Å²) in [6.07, 6.45) is 9.35. The van der Waals surface area contributed by atoms with Crippen LogP contribution in [0.3, 0.4) is 0 Å². The maximum atomic E-state index is 13.0. The van der Waals surface area contributed by atoms with Crippen LogP contribution < -0.4 is 14.4 Å². The fourth-order valence-corrected chi connectivity index (χ4v) is 5.03. The third-order valence-corrected chi connectivity index (χ3v) is 6.36. The molecule has 7 heteroatoms. The van der Waals surface area contributed by atoms with E-state index in [0.29, 0.717) is 24.5 Å². The van der Waals surface area contributed by atoms with E-state index in [0.717, 1.165) is 31.9 Å². The predicted molar refractivity (Wildman–Crippen MR) is 113 cm³/mol. The van der Waals surface area contributed by atoms with Crippen LogP contribution in [-0.2, 0) is 14.8 Å². The van der Waals surface area contributed by atoms with Crippen LogP contribution in [0.5, 0.6) is 5.75 Å². The number of hydrogen-bond donors (Lipinski definition) is 1. The van der Waals surface area contributed by atoms with Crippen molar-refractivity contribution in [3.8, 4) is 5.75 Å². The van der Waals surface area contributed by atoms with Crippen LogP contribution in [0.4, 0.5) is 5.69 Å². The molecular weight excluding hydrogens is 376 g/mol. The van der Waals surface area contributed by atoms with E-state index in [9.17, 15) is 13.2 Å². The second-order valence-corrected chi connectivity index (χ2v) is 9.32. The Labute approximate surface area is 169 Å². The lowest BCUT2D eigenvalue weighted by atomic mass is 9.96. The monoisotopic (exact) mass is 410 g/mol. The Kier molecular flexibility index (Phi) is 8.60. The molecular formula is C21H34N2O4S. The number of hydrogen-bond acceptors (Lipinski definition) is 4. The third-order valence-electron chi connectivity index (χ3n) is 5.18. The van der Waals surface area contributed by atoms with Gasteiger partial charge in [-0.25, -0.2) is 8.42 Å². The van der Waals surface area contributed by atoms with Gasteiger partial charge >= 0.3 is 0 Å². The van der Waals surface area contributed by atoms with Crippen LogP contribution in [0.15, 0.2) is 24.3 Å². The Bertz CT molecular complexity index is 710. The van der Waals surface area contributed by atoms with Crippen LogP contribution in [0.2, 0.25) is 0 Å². The first kappa shape index (κ1) is 22.5. The van der Waals surface area contributed by atoms with Gasteiger partial charge in [0.05, 0.1) is 18.6 Å². The van der Waals surface area contributed by atoms with Gasteiger partial charge in [-0.1, -0.05) is 39.0 Å². The summed E-state index contributed by atoms with van der Waals surface area (Å²) in [5.74, 6) is 0.458. The molecule has 0 radical (unpaired) electrons. The van der Waals surface area contributed by atoms with Crippen LogP contribution in [0, 0.1) is 0 Å². The average molecular weight is 411 g/mol. The van der Waals surface area contributed by atoms with E-state index in [1.54, 1.807) is 24.3 Å². The van der Waals surface area contributed by atoms with E-state index in [2.05, 4.69) is 5.32 Å². The molecule has 1 fully saturated rings. The molecule has 1 aromatic carbocycles. The van der Waals surface area contributed by atoms with Gasteiger partial charge < -0.3 is 10.1 Å². The average Bonchev–Trinajstić information content (AvgIpc) is 2.62. The minimum Gasteiger partial charge on any atom is -0.494 e. The van der Waals surface area contributed by atoms with E-state index < -0.39 is 16.1 Å². The topological polar surface area (TPSA) is 75.7 Å². The molecule has 158 valence electrons. The normalized spacial score (nSPS) is 17.2. The van der Waals surface area contributed by atoms with Crippen LogP contribution in [-0.4, -0.2) is 39.3 Å². The molecule has 1 aliphatic rings. The summed E-state index contributed by atoms with van der Waals surface area (Å²) in [5.41, 5.74) is 0.477. The van der Waals surface area contributed by atoms with Gasteiger partial charge in [0.2, 0.25) is 15.9 Å². The second kappa shape index (κ2) is 10.7. The second-order valence-electron chi connectivity index (χ2n) is 7.46. The number of nitrogens with zero attached hydrogens (tertiary/aromatic N) is 1. The minimum atomic E-state index is -3.62. The third kappa shape index (κ3) is 6.40. The maximum Gasteiger partial charge on any atom is 0.244 e. The molecule has 1 unspecified atom stereocenters. The van der Waals surface area contributed by atoms with Gasteiger partial charge in [-0.05, 0) is 50.5 Å². The van der Waals surface area contributed by atoms with Gasteiger partial charge in [0.15, 0.2) is 0 Å². The Hall–Kier alpha value is -1.76. The van der Waals surface area contributed by atoms with Crippen molar-refractivity contribution in [2.24, 2.45) is 0 Å². The van der Waals surface area contributed by atoms with E-state index in [4.69, 9.17) is 4.74 Å². The van der Waals surface area contributed by atoms with Crippen molar-refractivity contribution in [2.75, 3.05) is 17.2 Å². The van der Waals surface area contributed by atoms with Crippen LogP contribution in [0.1, 0.15) is 65.2 Å². The molecule has 1 aromatic rings. The highest BCUT2D eigenvalue weighted by Gasteiger charge is 2.32. The molecule has 28 heavy (non-hydrogen) atoms. The van der Waals surface area contributed by atoms with Crippen molar-refractivity contribution in [3.63, 3.8) is 0 Å². The molecule has 0 saturated heterocycles. The van der Waals surface area contributed by atoms with Crippen molar-refractivity contribution in [2.45, 2.75) is 77.3 Å². The van der Waals surface area contributed by atoms with Crippen molar-refractivity contribution in [3.05, 3.63) is 24.3 Å². The molecule has 2 rings (SSSR count). The maximum absolute atomic E-state index is 13.0. The Morgan fingerprint density at radius 2 is 1.68 bits per heavy atom. The summed E-state index contributed by atoms with van der Waals surface area (Å²) >= 11 is 0. The molecule has 1 aliphatic carbocycles. The first-order valence-electron chi connectivity index (χ1n) is 10.4. The largest absolute Gasteiger partial charge is 0.494 e. The number of benzene rings is 1. The summed E-state index contributed by atoms with van der Waals surface area (Å²) in [5, 5.41) is 3.12. The number of rotatable bonds is 8. The molecule has 1 atom stereocenters. The first-order valence-corrected chi connectivity index (χ1v) is 12.2. The molecule has 0 aromatic heterocycles. The molecule has 0 aliphatic heterocycles. The predicted octanol–water partition coefficient (Wildman–Crippen LogP) is 3.86. The fourth-order valence-electron chi connectivity index (χ4n) is 3.81. The first-order chi connectivity index (χ1) is 13.4. The highest BCUT2D eigenvalue weighted by molar-refractivity contribution is 7.92. The van der Waals surface area contributed by atoms with Gasteiger partial charge in [-0.2, -0.15) is 0 Å². The zero-order valence-corrected chi connectivity index (χ0v) is 18.1. The lowest BCUT2D eigenvalue weighted by Crippen LogP contribution is -2.51. The molecule has 0 spiro atoms. The number of amides is 1. The zero-order chi connectivity index (χ0) is 20.6. The summed E-state index contributed by atoms with van der Waals surface area (Å²) in [7, 11) is -3.62. The quantitative estimate of drug-likeness (QED) is 0.706. The van der Waals surface area contributed by atoms with E-state index in [1.165, 1.54) is 23.6 Å². The molecule has 0 bridgehead atoms. The number of ether oxygens (including phenoxy) is 1. The molecule has 0 heterocycles. The zero-order valence-electron chi connectivity index (χ0n) is 17.3. The molecule has 1 saturated carbocycles. The van der Waals surface area contributed by atoms with Crippen LogP contribution >= 0.6 is 0 Å². The summed E-state index contributed by atoms with van der Waals surface area (Å²) in [4.78, 5) is 13.0. The van der Waals surface area contributed by atoms with Gasteiger partial charge in [-0.3, -0.25) is 9.10 Å². The fraction of sp³-hybridized carbons (Fsp3) is 0.667. The SMILES string of the molecule is CCOc1ccc(N(C(CC)C(=O)NC2CCCCCCC2)S(C)(=O)=O)cc1. The smallest absolute Gasteiger partial charge is 0.244 e. The summed E-state index contributed by atoms with van der Waals surface area (Å²) < 4.78 is 31.8. The van der Waals surface area contributed by atoms with E-state index in [1.807, 2.05) is 13.8 Å². The number of carbonyl (C=O) groups is 1. The number of sulfonamides is 1. The van der Waals surface area contributed by atoms with Gasteiger partial charge in [-0.15, -0.1) is 0 Å². The van der Waals surface area contributed by atoms with E-state index in [-0.39, 0.29) is 11.9 Å². The lowest BCUT2D eigenvalue weighted by Gasteiger charge is -2.32. The highest BCUT2D eigenvalue weighted by atomic mass is 32.2. The van der Waals surface area contributed by atoms with Crippen molar-refractivity contribution in [1.82, 2.24) is 5.32 Å². The number of carbonyl (C=O) groups excluding carboxylic acids is 1. The number of nitrogens with one attached hydrogen (secondary N) is 1. The summed E-state index contributed by atoms with van der Waals surface area (Å²) in [6.45, 7) is 4.27. The van der Waals surface area contributed by atoms with E-state index >= 15 is 0 Å². The highest BCUT2D eigenvalue weighted by Crippen LogP contribution is 2.26. The minimum absolute atomic E-state index is 0.128. The van der Waals surface area contributed by atoms with Gasteiger partial charge in [0.1, 0.15) is 11.8 Å². The molecule has 1 N–H and O–H groups in total. The summed E-state index contributed by atoms with van der Waals surface area (Å²) in [6, 6.07) is 6.21. The van der Waals surface area contributed by atoms with Gasteiger partial charge in [0.25, 0.3) is 0 Å².